The summed E-state index contributed by atoms with van der Waals surface area (Å²) in [5.74, 6) is 1.41. The van der Waals surface area contributed by atoms with E-state index >= 15 is 0 Å². The number of likely N-dealkylation sites (N-methyl/N-ethyl adjacent to an activating group) is 1. The lowest BCUT2D eigenvalue weighted by atomic mass is 10.3. The molecule has 1 aromatic heterocycles. The Kier molecular flexibility index (Phi) is 4.97. The first kappa shape index (κ1) is 16.0. The molecule has 5 nitrogen and oxygen atoms in total. The number of hydrogen-bond donors (Lipinski definition) is 1. The highest BCUT2D eigenvalue weighted by atomic mass is 32.2. The first-order valence-corrected chi connectivity index (χ1v) is 8.75. The Bertz CT molecular complexity index is 656. The van der Waals surface area contributed by atoms with Crippen LogP contribution in [0.1, 0.15) is 0 Å². The second-order valence-corrected chi connectivity index (χ2v) is 6.29. The summed E-state index contributed by atoms with van der Waals surface area (Å²) in [7, 11) is 2.13. The Labute approximate surface area is 139 Å². The van der Waals surface area contributed by atoms with Crippen LogP contribution in [-0.4, -0.2) is 54.4 Å². The molecule has 0 spiro atoms. The highest BCUT2D eigenvalue weighted by Crippen LogP contribution is 2.24. The average molecular weight is 333 g/mol. The molecular weight excluding hydrogens is 313 g/mol. The van der Waals surface area contributed by atoms with E-state index in [-0.39, 0.29) is 5.82 Å². The van der Waals surface area contributed by atoms with Crippen LogP contribution in [-0.2, 0) is 0 Å². The van der Waals surface area contributed by atoms with Gasteiger partial charge in [0, 0.05) is 37.9 Å². The molecular formula is C16H20FN5S. The van der Waals surface area contributed by atoms with Crippen molar-refractivity contribution in [1.82, 2.24) is 14.9 Å². The van der Waals surface area contributed by atoms with E-state index in [0.29, 0.717) is 0 Å². The van der Waals surface area contributed by atoms with E-state index < -0.39 is 0 Å². The summed E-state index contributed by atoms with van der Waals surface area (Å²) in [6.07, 6.45) is 1.96. The number of thioether (sulfide) groups is 1. The number of hydrogen-bond acceptors (Lipinski definition) is 6. The fraction of sp³-hybridized carbons (Fsp3) is 0.375. The predicted octanol–water partition coefficient (Wildman–Crippen LogP) is 2.83. The van der Waals surface area contributed by atoms with Gasteiger partial charge in [0.25, 0.3) is 0 Å². The maximum Gasteiger partial charge on any atom is 0.191 e. The lowest BCUT2D eigenvalue weighted by Crippen LogP contribution is -2.44. The number of nitrogens with one attached hydrogen (secondary N) is 1. The fourth-order valence-electron chi connectivity index (χ4n) is 2.45. The molecule has 122 valence electrons. The minimum absolute atomic E-state index is 0.249. The van der Waals surface area contributed by atoms with Gasteiger partial charge in [0.05, 0.1) is 0 Å². The lowest BCUT2D eigenvalue weighted by molar-refractivity contribution is 0.312. The van der Waals surface area contributed by atoms with Crippen LogP contribution in [0.4, 0.5) is 21.7 Å². The average Bonchev–Trinajstić information content (AvgIpc) is 2.57. The molecule has 7 heteroatoms. The second kappa shape index (κ2) is 7.14. The molecule has 0 saturated carbocycles. The molecule has 3 rings (SSSR count). The van der Waals surface area contributed by atoms with Gasteiger partial charge in [0.1, 0.15) is 17.5 Å². The van der Waals surface area contributed by atoms with Crippen molar-refractivity contribution in [2.24, 2.45) is 0 Å². The summed E-state index contributed by atoms with van der Waals surface area (Å²) in [4.78, 5) is 13.7. The van der Waals surface area contributed by atoms with Crippen LogP contribution in [0.3, 0.4) is 0 Å². The zero-order chi connectivity index (χ0) is 16.2. The number of anilines is 3. The quantitative estimate of drug-likeness (QED) is 0.686. The number of rotatable bonds is 4. The van der Waals surface area contributed by atoms with Gasteiger partial charge in [-0.2, -0.15) is 0 Å². The van der Waals surface area contributed by atoms with Crippen molar-refractivity contribution in [1.29, 1.82) is 0 Å². The smallest absolute Gasteiger partial charge is 0.191 e. The first-order valence-electron chi connectivity index (χ1n) is 7.53. The summed E-state index contributed by atoms with van der Waals surface area (Å²) in [5.41, 5.74) is 0.807. The molecule has 0 unspecified atom stereocenters. The normalized spacial score (nSPS) is 15.7. The molecule has 1 aliphatic heterocycles. The van der Waals surface area contributed by atoms with Crippen LogP contribution in [0.15, 0.2) is 35.5 Å². The fourth-order valence-corrected chi connectivity index (χ4v) is 2.82. The van der Waals surface area contributed by atoms with E-state index in [1.807, 2.05) is 12.3 Å². The summed E-state index contributed by atoms with van der Waals surface area (Å²) in [5, 5.41) is 3.95. The molecule has 23 heavy (non-hydrogen) atoms. The van der Waals surface area contributed by atoms with Crippen molar-refractivity contribution < 1.29 is 4.39 Å². The van der Waals surface area contributed by atoms with Crippen molar-refractivity contribution in [3.63, 3.8) is 0 Å². The maximum atomic E-state index is 13.0. The van der Waals surface area contributed by atoms with E-state index in [0.717, 1.165) is 48.7 Å². The van der Waals surface area contributed by atoms with Gasteiger partial charge in [-0.15, -0.1) is 0 Å². The molecule has 1 aliphatic rings. The standard InChI is InChI=1S/C16H20FN5S/c1-21-7-9-22(10-8-21)15-11-14(19-16(20-15)23-2)18-13-5-3-12(17)4-6-13/h3-6,11H,7-10H2,1-2H3,(H,18,19,20). The molecule has 0 radical (unpaired) electrons. The monoisotopic (exact) mass is 333 g/mol. The molecule has 0 atom stereocenters. The third-order valence-electron chi connectivity index (χ3n) is 3.82. The molecule has 1 saturated heterocycles. The van der Waals surface area contributed by atoms with Crippen LogP contribution in [0, 0.1) is 5.82 Å². The summed E-state index contributed by atoms with van der Waals surface area (Å²) >= 11 is 1.52. The third-order valence-corrected chi connectivity index (χ3v) is 4.37. The Morgan fingerprint density at radius 2 is 1.78 bits per heavy atom. The van der Waals surface area contributed by atoms with E-state index in [2.05, 4.69) is 32.1 Å². The Morgan fingerprint density at radius 3 is 2.43 bits per heavy atom. The van der Waals surface area contributed by atoms with E-state index in [1.165, 1.54) is 23.9 Å². The van der Waals surface area contributed by atoms with E-state index in [9.17, 15) is 4.39 Å². The predicted molar refractivity (Wildman–Crippen MR) is 93.2 cm³/mol. The van der Waals surface area contributed by atoms with Crippen molar-refractivity contribution in [3.05, 3.63) is 36.1 Å². The highest BCUT2D eigenvalue weighted by molar-refractivity contribution is 7.98. The van der Waals surface area contributed by atoms with Crippen LogP contribution in [0.2, 0.25) is 0 Å². The Balaban J connectivity index is 1.82. The second-order valence-electron chi connectivity index (χ2n) is 5.52. The van der Waals surface area contributed by atoms with E-state index in [4.69, 9.17) is 0 Å². The van der Waals surface area contributed by atoms with Crippen LogP contribution in [0.5, 0.6) is 0 Å². The molecule has 0 aliphatic carbocycles. The number of benzene rings is 1. The summed E-state index contributed by atoms with van der Waals surface area (Å²) in [6, 6.07) is 8.21. The topological polar surface area (TPSA) is 44.3 Å². The van der Waals surface area contributed by atoms with Gasteiger partial charge in [-0.1, -0.05) is 11.8 Å². The van der Waals surface area contributed by atoms with Crippen molar-refractivity contribution in [2.75, 3.05) is 49.7 Å². The number of halogens is 1. The first-order chi connectivity index (χ1) is 11.1. The third kappa shape index (κ3) is 4.11. The SMILES string of the molecule is CSc1nc(Nc2ccc(F)cc2)cc(N2CCN(C)CC2)n1. The van der Waals surface area contributed by atoms with Gasteiger partial charge in [-0.3, -0.25) is 0 Å². The van der Waals surface area contributed by atoms with Gasteiger partial charge >= 0.3 is 0 Å². The van der Waals surface area contributed by atoms with Gasteiger partial charge in [-0.25, -0.2) is 14.4 Å². The van der Waals surface area contributed by atoms with Gasteiger partial charge in [0.2, 0.25) is 0 Å². The van der Waals surface area contributed by atoms with Crippen molar-refractivity contribution in [3.8, 4) is 0 Å². The minimum Gasteiger partial charge on any atom is -0.354 e. The Hall–Kier alpha value is -1.86. The number of aromatic nitrogens is 2. The molecule has 2 heterocycles. The van der Waals surface area contributed by atoms with Gasteiger partial charge < -0.3 is 15.1 Å². The van der Waals surface area contributed by atoms with E-state index in [1.54, 1.807) is 12.1 Å². The molecule has 0 bridgehead atoms. The molecule has 2 aromatic rings. The van der Waals surface area contributed by atoms with Crippen LogP contribution < -0.4 is 10.2 Å². The summed E-state index contributed by atoms with van der Waals surface area (Å²) < 4.78 is 13.0. The minimum atomic E-state index is -0.249. The van der Waals surface area contributed by atoms with Crippen LogP contribution >= 0.6 is 11.8 Å². The zero-order valence-electron chi connectivity index (χ0n) is 13.3. The largest absolute Gasteiger partial charge is 0.354 e. The zero-order valence-corrected chi connectivity index (χ0v) is 14.1. The Morgan fingerprint density at radius 1 is 1.09 bits per heavy atom. The number of nitrogens with zero attached hydrogens (tertiary/aromatic N) is 4. The molecule has 1 N–H and O–H groups in total. The number of piperazine rings is 1. The van der Waals surface area contributed by atoms with Crippen molar-refractivity contribution in [2.45, 2.75) is 5.16 Å². The molecule has 1 fully saturated rings. The van der Waals surface area contributed by atoms with Crippen LogP contribution in [0.25, 0.3) is 0 Å². The summed E-state index contributed by atoms with van der Waals surface area (Å²) in [6.45, 7) is 3.97. The maximum absolute atomic E-state index is 13.0. The van der Waals surface area contributed by atoms with Gasteiger partial charge in [0.15, 0.2) is 5.16 Å². The molecule has 1 aromatic carbocycles. The molecule has 0 amide bonds. The van der Waals surface area contributed by atoms with Gasteiger partial charge in [-0.05, 0) is 37.6 Å². The lowest BCUT2D eigenvalue weighted by Gasteiger charge is -2.33. The highest BCUT2D eigenvalue weighted by Gasteiger charge is 2.17. The van der Waals surface area contributed by atoms with Crippen molar-refractivity contribution >= 4 is 29.1 Å².